The van der Waals surface area contributed by atoms with Crippen LogP contribution >= 0.6 is 0 Å². The van der Waals surface area contributed by atoms with Crippen LogP contribution in [-0.2, 0) is 83.3 Å². The molecule has 4 aliphatic rings. The lowest BCUT2D eigenvalue weighted by molar-refractivity contribution is -0.150. The lowest BCUT2D eigenvalue weighted by Gasteiger charge is -2.40. The summed E-state index contributed by atoms with van der Waals surface area (Å²) in [4.78, 5) is 0. The van der Waals surface area contributed by atoms with E-state index in [1.54, 1.807) is 0 Å². The second-order valence-corrected chi connectivity index (χ2v) is 37.6. The SMILES string of the molecule is CCC1(COCCCCCOCc2ccc(-c3ccc(-c4c5ccccc5c(-c5ccc(COCCCCCOCC6(CC)COC6)cc5)c5ccccc45)c4ccccc34)cc2)COC1.CCC1(COCCCCCOCc2ccc3cc(-c4c5ccccc5c(-c5ccc6cc(COCCCCCOCC7(CC)COC7)ccc6c5)c5ccccc45)ccc3c2)COC1. The highest BCUT2D eigenvalue weighted by Crippen LogP contribution is 2.49. The van der Waals surface area contributed by atoms with Gasteiger partial charge in [0, 0.05) is 74.5 Å². The quantitative estimate of drug-likeness (QED) is 0.0267. The molecule has 14 aromatic rings. The minimum Gasteiger partial charge on any atom is -0.381 e. The van der Waals surface area contributed by atoms with Crippen LogP contribution in [0.5, 0.6) is 0 Å². The summed E-state index contributed by atoms with van der Waals surface area (Å²) in [5.74, 6) is 0. The molecule has 0 N–H and O–H groups in total. The van der Waals surface area contributed by atoms with Crippen molar-refractivity contribution in [2.45, 2.75) is 157 Å². The van der Waals surface area contributed by atoms with E-state index in [1.807, 2.05) is 0 Å². The summed E-state index contributed by atoms with van der Waals surface area (Å²) in [5.41, 5.74) is 18.3. The molecular formula is C118H134O12. The van der Waals surface area contributed by atoms with Gasteiger partial charge in [0.15, 0.2) is 0 Å². The first kappa shape index (κ1) is 92.3. The minimum absolute atomic E-state index is 0.263. The molecule has 0 saturated carbocycles. The number of unbranched alkanes of at least 4 members (excludes halogenated alkanes) is 8. The van der Waals surface area contributed by atoms with Crippen molar-refractivity contribution in [1.29, 1.82) is 0 Å². The maximum atomic E-state index is 6.13. The number of hydrogen-bond donors (Lipinski definition) is 0. The highest BCUT2D eigenvalue weighted by Gasteiger charge is 2.40. The van der Waals surface area contributed by atoms with Crippen molar-refractivity contribution in [3.8, 4) is 55.6 Å². The van der Waals surface area contributed by atoms with Crippen LogP contribution in [0.15, 0.2) is 255 Å². The third kappa shape index (κ3) is 22.3. The third-order valence-corrected chi connectivity index (χ3v) is 28.2. The molecule has 0 aromatic heterocycles. The van der Waals surface area contributed by atoms with Crippen molar-refractivity contribution in [2.75, 3.05) is 132 Å². The van der Waals surface area contributed by atoms with E-state index in [2.05, 4.69) is 282 Å². The van der Waals surface area contributed by atoms with Crippen molar-refractivity contribution >= 4 is 75.4 Å². The Balaban J connectivity index is 0.000000182. The molecule has 0 aliphatic carbocycles. The zero-order valence-corrected chi connectivity index (χ0v) is 77.4. The Morgan fingerprint density at radius 3 is 0.754 bits per heavy atom. The van der Waals surface area contributed by atoms with Gasteiger partial charge in [0.25, 0.3) is 0 Å². The second-order valence-electron chi connectivity index (χ2n) is 37.6. The maximum Gasteiger partial charge on any atom is 0.0717 e. The Hall–Kier alpha value is -9.58. The average molecular weight is 1740 g/mol. The van der Waals surface area contributed by atoms with Crippen LogP contribution in [0.2, 0.25) is 0 Å². The van der Waals surface area contributed by atoms with Crippen LogP contribution in [0, 0.1) is 21.7 Å². The summed E-state index contributed by atoms with van der Waals surface area (Å²) < 4.78 is 70.0. The third-order valence-electron chi connectivity index (χ3n) is 28.2. The molecule has 0 amide bonds. The molecule has 130 heavy (non-hydrogen) atoms. The number of rotatable bonds is 49. The lowest BCUT2D eigenvalue weighted by atomic mass is 9.83. The van der Waals surface area contributed by atoms with Gasteiger partial charge < -0.3 is 56.8 Å². The molecule has 4 heterocycles. The van der Waals surface area contributed by atoms with E-state index < -0.39 is 0 Å². The molecule has 12 nitrogen and oxygen atoms in total. The van der Waals surface area contributed by atoms with Crippen LogP contribution in [0.3, 0.4) is 0 Å². The Morgan fingerprint density at radius 2 is 0.446 bits per heavy atom. The molecule has 0 atom stereocenters. The van der Waals surface area contributed by atoms with Crippen LogP contribution < -0.4 is 0 Å². The maximum absolute atomic E-state index is 6.13. The number of benzene rings is 14. The van der Waals surface area contributed by atoms with E-state index in [4.69, 9.17) is 56.8 Å². The van der Waals surface area contributed by atoms with Crippen molar-refractivity contribution in [3.63, 3.8) is 0 Å². The Bertz CT molecular complexity index is 5700. The summed E-state index contributed by atoms with van der Waals surface area (Å²) in [6.45, 7) is 27.8. The fourth-order valence-corrected chi connectivity index (χ4v) is 19.3. The van der Waals surface area contributed by atoms with Gasteiger partial charge in [-0.15, -0.1) is 0 Å². The minimum atomic E-state index is 0.263. The highest BCUT2D eigenvalue weighted by atomic mass is 16.5. The summed E-state index contributed by atoms with van der Waals surface area (Å²) in [7, 11) is 0. The monoisotopic (exact) mass is 1740 g/mol. The number of hydrogen-bond acceptors (Lipinski definition) is 12. The molecular weight excluding hydrogens is 1610 g/mol. The number of fused-ring (bicyclic) bond motifs is 7. The van der Waals surface area contributed by atoms with Gasteiger partial charge in [-0.2, -0.15) is 0 Å². The zero-order chi connectivity index (χ0) is 88.6. The fourth-order valence-electron chi connectivity index (χ4n) is 19.3. The standard InChI is InChI=1S/C60H68O6.C58H66O6/c1-3-59(41-65-42-59)39-63-35-15-5-13-33-61-37-45-23-27-47(28-24-45)49-31-32-56(51-18-8-7-17-50(49)51)58-54-21-11-9-19-52(54)57(53-20-10-12-22-55(53)58)48-29-25-46(26-30-48)38-62-34-14-6-16-36-64-40-60(4-2)43-66-44-60;1-3-57(39-63-40-57)37-61-29-13-5-11-27-59-35-43-19-21-47-33-49(25-23-45(47)31-43)55-51-15-7-9-17-53(51)56(54-18-10-8-16-52(54)55)50-26-24-46-32-44(20-22-48(46)34-50)36-60-28-12-6-14-30-62-38-58(4-2)41-64-42-58/h7-12,17-32H,3-6,13-16,33-44H2,1-2H3;7-10,15-26,31-34H,3-6,11-14,27-30,35-42H2,1-2H3. The van der Waals surface area contributed by atoms with Gasteiger partial charge in [-0.25, -0.2) is 0 Å². The Morgan fingerprint density at radius 1 is 0.208 bits per heavy atom. The summed E-state index contributed by atoms with van der Waals surface area (Å²) in [6.07, 6.45) is 17.5. The van der Waals surface area contributed by atoms with Crippen LogP contribution in [0.4, 0.5) is 0 Å². The van der Waals surface area contributed by atoms with E-state index in [1.165, 1.54) is 153 Å². The highest BCUT2D eigenvalue weighted by molar-refractivity contribution is 6.25. The fraction of sp³-hybridized carbons (Fsp3) is 0.407. The molecule has 0 spiro atoms. The second kappa shape index (κ2) is 45.2. The predicted molar refractivity (Wildman–Crippen MR) is 534 cm³/mol. The number of ether oxygens (including phenoxy) is 12. The van der Waals surface area contributed by atoms with Gasteiger partial charge in [0.2, 0.25) is 0 Å². The van der Waals surface area contributed by atoms with Gasteiger partial charge in [-0.1, -0.05) is 258 Å². The van der Waals surface area contributed by atoms with E-state index in [-0.39, 0.29) is 21.7 Å². The van der Waals surface area contributed by atoms with Gasteiger partial charge in [0.05, 0.1) is 106 Å². The molecule has 12 heteroatoms. The predicted octanol–water partition coefficient (Wildman–Crippen LogP) is 28.3. The first-order valence-electron chi connectivity index (χ1n) is 48.7. The molecule has 4 saturated heterocycles. The molecule has 0 bridgehead atoms. The summed E-state index contributed by atoms with van der Waals surface area (Å²) in [5, 5.41) is 17.5. The normalized spacial score (nSPS) is 15.4. The van der Waals surface area contributed by atoms with Gasteiger partial charge in [-0.05, 0) is 280 Å². The molecule has 0 radical (unpaired) electrons. The van der Waals surface area contributed by atoms with Crippen molar-refractivity contribution in [2.24, 2.45) is 21.7 Å². The first-order valence-corrected chi connectivity index (χ1v) is 48.7. The average Bonchev–Trinajstić information content (AvgIpc) is 0.732. The molecule has 4 fully saturated rings. The van der Waals surface area contributed by atoms with Crippen LogP contribution in [0.25, 0.3) is 131 Å². The summed E-state index contributed by atoms with van der Waals surface area (Å²) >= 11 is 0. The Kier molecular flexibility index (Phi) is 32.1. The first-order chi connectivity index (χ1) is 64.1. The zero-order valence-electron chi connectivity index (χ0n) is 77.4. The molecule has 0 unspecified atom stereocenters. The van der Waals surface area contributed by atoms with Gasteiger partial charge >= 0.3 is 0 Å². The lowest BCUT2D eigenvalue weighted by Crippen LogP contribution is -2.45. The van der Waals surface area contributed by atoms with Crippen molar-refractivity contribution in [3.05, 3.63) is 277 Å². The molecule has 678 valence electrons. The van der Waals surface area contributed by atoms with Gasteiger partial charge in [-0.3, -0.25) is 0 Å². The van der Waals surface area contributed by atoms with E-state index in [0.29, 0.717) is 26.4 Å². The van der Waals surface area contributed by atoms with Crippen molar-refractivity contribution in [1.82, 2.24) is 0 Å². The topological polar surface area (TPSA) is 111 Å². The smallest absolute Gasteiger partial charge is 0.0717 e. The van der Waals surface area contributed by atoms with E-state index >= 15 is 0 Å². The van der Waals surface area contributed by atoms with Gasteiger partial charge in [0.1, 0.15) is 0 Å². The molecule has 18 rings (SSSR count). The van der Waals surface area contributed by atoms with E-state index in [0.717, 1.165) is 235 Å². The molecule has 4 aliphatic heterocycles. The molecule has 14 aromatic carbocycles. The van der Waals surface area contributed by atoms with Crippen LogP contribution in [0.1, 0.15) is 153 Å². The largest absolute Gasteiger partial charge is 0.381 e. The van der Waals surface area contributed by atoms with Crippen LogP contribution in [-0.4, -0.2) is 132 Å². The van der Waals surface area contributed by atoms with E-state index in [9.17, 15) is 0 Å². The Labute approximate surface area is 770 Å². The summed E-state index contributed by atoms with van der Waals surface area (Å²) in [6, 6.07) is 94.6. The van der Waals surface area contributed by atoms with Crippen molar-refractivity contribution < 1.29 is 56.8 Å².